The summed E-state index contributed by atoms with van der Waals surface area (Å²) in [5.74, 6) is -0.714. The molecule has 2 atom stereocenters. The number of unbranched alkanes of at least 4 members (excludes halogenated alkanes) is 1. The molecule has 1 aromatic carbocycles. The normalized spacial score (nSPS) is 21.0. The molecule has 2 aliphatic rings. The van der Waals surface area contributed by atoms with Gasteiger partial charge in [0.05, 0.1) is 11.3 Å². The number of para-hydroxylation sites is 1. The van der Waals surface area contributed by atoms with Crippen LogP contribution in [0.1, 0.15) is 62.7 Å². The Hall–Kier alpha value is -2.17. The minimum Gasteiger partial charge on any atom is -0.327 e. The molecule has 0 spiro atoms. The summed E-state index contributed by atoms with van der Waals surface area (Å²) in [5.41, 5.74) is 0.908. The van der Waals surface area contributed by atoms with Crippen molar-refractivity contribution >= 4 is 23.4 Å². The van der Waals surface area contributed by atoms with Crippen molar-refractivity contribution in [1.29, 1.82) is 0 Å². The third-order valence-electron chi connectivity index (χ3n) is 5.36. The number of benzene rings is 1. The predicted molar refractivity (Wildman–Crippen MR) is 96.3 cm³/mol. The summed E-state index contributed by atoms with van der Waals surface area (Å²) in [4.78, 5) is 42.2. The van der Waals surface area contributed by atoms with Crippen molar-refractivity contribution in [3.63, 3.8) is 0 Å². The van der Waals surface area contributed by atoms with Crippen molar-refractivity contribution in [2.24, 2.45) is 5.92 Å². The van der Waals surface area contributed by atoms with Crippen LogP contribution in [0.25, 0.3) is 0 Å². The van der Waals surface area contributed by atoms with Crippen LogP contribution in [0.5, 0.6) is 0 Å². The van der Waals surface area contributed by atoms with E-state index in [0.29, 0.717) is 30.6 Å². The Balaban J connectivity index is 2.04. The third kappa shape index (κ3) is 3.08. The van der Waals surface area contributed by atoms with E-state index in [1.807, 2.05) is 6.92 Å². The number of imide groups is 1. The second-order valence-electron chi connectivity index (χ2n) is 6.93. The summed E-state index contributed by atoms with van der Waals surface area (Å²) in [6.07, 6.45) is 4.90. The Labute approximate surface area is 149 Å². The monoisotopic (exact) mass is 342 g/mol. The first-order chi connectivity index (χ1) is 12.1. The van der Waals surface area contributed by atoms with Gasteiger partial charge in [-0.15, -0.1) is 0 Å². The first-order valence-electron chi connectivity index (χ1n) is 9.37. The Morgan fingerprint density at radius 3 is 2.72 bits per heavy atom. The molecule has 1 saturated heterocycles. The lowest BCUT2D eigenvalue weighted by molar-refractivity contribution is -0.130. The minimum absolute atomic E-state index is 0.136. The number of hydrogen-bond acceptors (Lipinski definition) is 3. The lowest BCUT2D eigenvalue weighted by atomic mass is 9.96. The molecule has 5 nitrogen and oxygen atoms in total. The summed E-state index contributed by atoms with van der Waals surface area (Å²) in [6.45, 7) is 4.66. The molecule has 0 aliphatic carbocycles. The first-order valence-corrected chi connectivity index (χ1v) is 9.37. The van der Waals surface area contributed by atoms with Crippen molar-refractivity contribution in [2.75, 3.05) is 11.4 Å². The Kier molecular flexibility index (Phi) is 5.21. The number of nitrogens with zero attached hydrogens (tertiary/aromatic N) is 2. The van der Waals surface area contributed by atoms with Crippen LogP contribution >= 0.6 is 0 Å². The van der Waals surface area contributed by atoms with E-state index in [4.69, 9.17) is 0 Å². The standard InChI is InChI=1S/C20H26N2O3/c1-3-5-9-14(4-2)18(23)22-16-11-7-6-10-15(16)19(24)21-13-8-12-17(21)20(22)25/h6-7,10-11,14,17H,3-5,8-9,12-13H2,1-2H3/t14-,17-/m1/s1. The van der Waals surface area contributed by atoms with E-state index in [2.05, 4.69) is 6.92 Å². The zero-order valence-electron chi connectivity index (χ0n) is 15.0. The fourth-order valence-corrected chi connectivity index (χ4v) is 3.90. The van der Waals surface area contributed by atoms with Crippen molar-refractivity contribution < 1.29 is 14.4 Å². The smallest absolute Gasteiger partial charge is 0.256 e. The number of fused-ring (bicyclic) bond motifs is 2. The molecule has 25 heavy (non-hydrogen) atoms. The predicted octanol–water partition coefficient (Wildman–Crippen LogP) is 3.38. The van der Waals surface area contributed by atoms with Crippen molar-refractivity contribution in [3.05, 3.63) is 29.8 Å². The molecule has 5 heteroatoms. The van der Waals surface area contributed by atoms with Crippen LogP contribution < -0.4 is 4.90 Å². The van der Waals surface area contributed by atoms with E-state index < -0.39 is 6.04 Å². The zero-order valence-corrected chi connectivity index (χ0v) is 15.0. The SMILES string of the molecule is CCCC[C@@H](CC)C(=O)N1C(=O)[C@H]2CCCN2C(=O)c2ccccc21. The number of carbonyl (C=O) groups is 3. The van der Waals surface area contributed by atoms with Crippen LogP contribution in [0, 0.1) is 5.92 Å². The van der Waals surface area contributed by atoms with Gasteiger partial charge in [0.1, 0.15) is 6.04 Å². The van der Waals surface area contributed by atoms with E-state index in [0.717, 1.165) is 25.7 Å². The minimum atomic E-state index is -0.507. The average molecular weight is 342 g/mol. The van der Waals surface area contributed by atoms with Gasteiger partial charge in [-0.1, -0.05) is 38.8 Å². The first kappa shape index (κ1) is 17.6. The van der Waals surface area contributed by atoms with Crippen LogP contribution in [-0.2, 0) is 9.59 Å². The van der Waals surface area contributed by atoms with Gasteiger partial charge in [0, 0.05) is 12.5 Å². The molecule has 2 aliphatic heterocycles. The molecule has 0 N–H and O–H groups in total. The third-order valence-corrected chi connectivity index (χ3v) is 5.36. The fourth-order valence-electron chi connectivity index (χ4n) is 3.90. The van der Waals surface area contributed by atoms with Crippen LogP contribution in [0.15, 0.2) is 24.3 Å². The Bertz CT molecular complexity index is 685. The van der Waals surface area contributed by atoms with Gasteiger partial charge in [-0.2, -0.15) is 0 Å². The molecular weight excluding hydrogens is 316 g/mol. The van der Waals surface area contributed by atoms with E-state index in [-0.39, 0.29) is 23.6 Å². The molecule has 3 rings (SSSR count). The van der Waals surface area contributed by atoms with Gasteiger partial charge in [0.15, 0.2) is 0 Å². The van der Waals surface area contributed by atoms with Crippen LogP contribution in [0.4, 0.5) is 5.69 Å². The summed E-state index contributed by atoms with van der Waals surface area (Å²) in [6, 6.07) is 6.50. The van der Waals surface area contributed by atoms with Gasteiger partial charge in [-0.05, 0) is 37.8 Å². The molecule has 0 saturated carbocycles. The highest BCUT2D eigenvalue weighted by atomic mass is 16.2. The van der Waals surface area contributed by atoms with Gasteiger partial charge in [0.25, 0.3) is 11.8 Å². The number of carbonyl (C=O) groups excluding carboxylic acids is 3. The molecular formula is C20H26N2O3. The lowest BCUT2D eigenvalue weighted by Crippen LogP contribution is -2.48. The quantitative estimate of drug-likeness (QED) is 0.824. The maximum Gasteiger partial charge on any atom is 0.256 e. The maximum atomic E-state index is 13.2. The fraction of sp³-hybridized carbons (Fsp3) is 0.550. The Morgan fingerprint density at radius 2 is 2.00 bits per heavy atom. The van der Waals surface area contributed by atoms with Crippen LogP contribution in [0.2, 0.25) is 0 Å². The molecule has 0 aromatic heterocycles. The molecule has 0 bridgehead atoms. The molecule has 3 amide bonds. The number of rotatable bonds is 5. The summed E-state index contributed by atoms with van der Waals surface area (Å²) >= 11 is 0. The van der Waals surface area contributed by atoms with E-state index in [9.17, 15) is 14.4 Å². The average Bonchev–Trinajstić information content (AvgIpc) is 3.09. The molecule has 134 valence electrons. The highest BCUT2D eigenvalue weighted by Crippen LogP contribution is 2.34. The van der Waals surface area contributed by atoms with Gasteiger partial charge in [0.2, 0.25) is 5.91 Å². The Morgan fingerprint density at radius 1 is 1.24 bits per heavy atom. The summed E-state index contributed by atoms with van der Waals surface area (Å²) in [5, 5.41) is 0. The number of anilines is 1. The van der Waals surface area contributed by atoms with Crippen LogP contribution in [0.3, 0.4) is 0 Å². The van der Waals surface area contributed by atoms with Crippen molar-refractivity contribution in [2.45, 2.75) is 58.4 Å². The number of amides is 3. The van der Waals surface area contributed by atoms with Gasteiger partial charge >= 0.3 is 0 Å². The van der Waals surface area contributed by atoms with E-state index >= 15 is 0 Å². The molecule has 0 radical (unpaired) electrons. The lowest BCUT2D eigenvalue weighted by Gasteiger charge is -2.27. The van der Waals surface area contributed by atoms with Crippen molar-refractivity contribution in [3.8, 4) is 0 Å². The molecule has 1 fully saturated rings. The second-order valence-corrected chi connectivity index (χ2v) is 6.93. The van der Waals surface area contributed by atoms with Crippen LogP contribution in [-0.4, -0.2) is 35.2 Å². The summed E-state index contributed by atoms with van der Waals surface area (Å²) in [7, 11) is 0. The zero-order chi connectivity index (χ0) is 18.0. The molecule has 1 aromatic rings. The topological polar surface area (TPSA) is 57.7 Å². The number of hydrogen-bond donors (Lipinski definition) is 0. The van der Waals surface area contributed by atoms with Gasteiger partial charge in [-0.25, -0.2) is 4.90 Å². The summed E-state index contributed by atoms with van der Waals surface area (Å²) < 4.78 is 0. The van der Waals surface area contributed by atoms with Gasteiger partial charge < -0.3 is 4.90 Å². The van der Waals surface area contributed by atoms with Gasteiger partial charge in [-0.3, -0.25) is 14.4 Å². The van der Waals surface area contributed by atoms with E-state index in [1.54, 1.807) is 29.2 Å². The highest BCUT2D eigenvalue weighted by Gasteiger charge is 2.44. The maximum absolute atomic E-state index is 13.2. The second kappa shape index (κ2) is 7.38. The largest absolute Gasteiger partial charge is 0.327 e. The molecule has 2 heterocycles. The highest BCUT2D eigenvalue weighted by molar-refractivity contribution is 6.22. The molecule has 0 unspecified atom stereocenters. The van der Waals surface area contributed by atoms with Crippen molar-refractivity contribution in [1.82, 2.24) is 4.90 Å². The van der Waals surface area contributed by atoms with E-state index in [1.165, 1.54) is 4.90 Å².